The standard InChI is InChI=1S/C13H24O2/c1-9(11(3)14)7-8-12-10(2)5-4-6-13(12)15/h9-10,12-13,15H,4-8H2,1-3H3. The van der Waals surface area contributed by atoms with Gasteiger partial charge in [0.25, 0.3) is 0 Å². The molecule has 0 radical (unpaired) electrons. The van der Waals surface area contributed by atoms with E-state index in [0.717, 1.165) is 25.7 Å². The van der Waals surface area contributed by atoms with Crippen LogP contribution in [0.25, 0.3) is 0 Å². The Bertz CT molecular complexity index is 203. The molecule has 0 saturated heterocycles. The number of aliphatic hydroxyl groups excluding tert-OH is 1. The molecule has 1 aliphatic rings. The van der Waals surface area contributed by atoms with E-state index in [1.54, 1.807) is 6.92 Å². The SMILES string of the molecule is CC(=O)C(C)CCC1C(C)CCCC1O. The lowest BCUT2D eigenvalue weighted by Gasteiger charge is -2.34. The highest BCUT2D eigenvalue weighted by molar-refractivity contribution is 5.77. The minimum atomic E-state index is -0.132. The fourth-order valence-electron chi connectivity index (χ4n) is 2.58. The zero-order chi connectivity index (χ0) is 11.4. The summed E-state index contributed by atoms with van der Waals surface area (Å²) in [5.41, 5.74) is 0. The van der Waals surface area contributed by atoms with Crippen LogP contribution in [0.4, 0.5) is 0 Å². The third-order valence-electron chi connectivity index (χ3n) is 4.01. The van der Waals surface area contributed by atoms with E-state index in [0.29, 0.717) is 11.8 Å². The highest BCUT2D eigenvalue weighted by Crippen LogP contribution is 2.33. The molecule has 4 atom stereocenters. The lowest BCUT2D eigenvalue weighted by molar-refractivity contribution is -0.120. The van der Waals surface area contributed by atoms with Gasteiger partial charge in [0.15, 0.2) is 0 Å². The van der Waals surface area contributed by atoms with Gasteiger partial charge >= 0.3 is 0 Å². The summed E-state index contributed by atoms with van der Waals surface area (Å²) in [4.78, 5) is 11.1. The third-order valence-corrected chi connectivity index (χ3v) is 4.01. The maximum absolute atomic E-state index is 11.1. The molecular formula is C13H24O2. The maximum atomic E-state index is 11.1. The molecule has 0 heterocycles. The molecule has 88 valence electrons. The Kier molecular flexibility index (Phi) is 4.78. The van der Waals surface area contributed by atoms with E-state index in [4.69, 9.17) is 0 Å². The Balaban J connectivity index is 2.38. The number of Topliss-reactive ketones (excluding diaryl/α,β-unsaturated/α-hetero) is 1. The van der Waals surface area contributed by atoms with Crippen molar-refractivity contribution in [1.29, 1.82) is 0 Å². The van der Waals surface area contributed by atoms with Gasteiger partial charge in [-0.25, -0.2) is 0 Å². The molecule has 0 amide bonds. The molecule has 15 heavy (non-hydrogen) atoms. The van der Waals surface area contributed by atoms with E-state index in [9.17, 15) is 9.90 Å². The molecule has 2 heteroatoms. The number of rotatable bonds is 4. The molecule has 1 saturated carbocycles. The Morgan fingerprint density at radius 1 is 1.47 bits per heavy atom. The molecule has 0 bridgehead atoms. The Hall–Kier alpha value is -0.370. The van der Waals surface area contributed by atoms with Crippen LogP contribution in [-0.2, 0) is 4.79 Å². The summed E-state index contributed by atoms with van der Waals surface area (Å²) in [5.74, 6) is 1.47. The summed E-state index contributed by atoms with van der Waals surface area (Å²) in [6.07, 6.45) is 5.14. The topological polar surface area (TPSA) is 37.3 Å². The Morgan fingerprint density at radius 3 is 2.67 bits per heavy atom. The van der Waals surface area contributed by atoms with Gasteiger partial charge in [0.2, 0.25) is 0 Å². The van der Waals surface area contributed by atoms with E-state index in [2.05, 4.69) is 6.92 Å². The van der Waals surface area contributed by atoms with Crippen LogP contribution < -0.4 is 0 Å². The van der Waals surface area contributed by atoms with Gasteiger partial charge < -0.3 is 5.11 Å². The number of carbonyl (C=O) groups excluding carboxylic acids is 1. The quantitative estimate of drug-likeness (QED) is 0.778. The van der Waals surface area contributed by atoms with Gasteiger partial charge in [-0.15, -0.1) is 0 Å². The maximum Gasteiger partial charge on any atom is 0.132 e. The first-order valence-corrected chi connectivity index (χ1v) is 6.21. The molecule has 0 aromatic carbocycles. The molecule has 2 nitrogen and oxygen atoms in total. The lowest BCUT2D eigenvalue weighted by Crippen LogP contribution is -2.31. The first kappa shape index (κ1) is 12.7. The minimum absolute atomic E-state index is 0.132. The number of hydrogen-bond donors (Lipinski definition) is 1. The lowest BCUT2D eigenvalue weighted by atomic mass is 9.75. The fourth-order valence-corrected chi connectivity index (χ4v) is 2.58. The van der Waals surface area contributed by atoms with Gasteiger partial charge in [-0.3, -0.25) is 4.79 Å². The number of hydrogen-bond acceptors (Lipinski definition) is 2. The summed E-state index contributed by atoms with van der Waals surface area (Å²) >= 11 is 0. The largest absolute Gasteiger partial charge is 0.393 e. The normalized spacial score (nSPS) is 33.7. The van der Waals surface area contributed by atoms with Crippen molar-refractivity contribution >= 4 is 5.78 Å². The van der Waals surface area contributed by atoms with E-state index in [-0.39, 0.29) is 17.8 Å². The van der Waals surface area contributed by atoms with Crippen LogP contribution in [0.2, 0.25) is 0 Å². The summed E-state index contributed by atoms with van der Waals surface area (Å²) in [6, 6.07) is 0. The highest BCUT2D eigenvalue weighted by Gasteiger charge is 2.29. The van der Waals surface area contributed by atoms with Gasteiger partial charge in [0.1, 0.15) is 5.78 Å². The fraction of sp³-hybridized carbons (Fsp3) is 0.923. The Morgan fingerprint density at radius 2 is 2.13 bits per heavy atom. The molecule has 0 spiro atoms. The smallest absolute Gasteiger partial charge is 0.132 e. The second-order valence-electron chi connectivity index (χ2n) is 5.23. The molecular weight excluding hydrogens is 188 g/mol. The average molecular weight is 212 g/mol. The first-order chi connectivity index (χ1) is 7.02. The number of aliphatic hydroxyl groups is 1. The summed E-state index contributed by atoms with van der Waals surface area (Å²) in [5, 5.41) is 9.91. The van der Waals surface area contributed by atoms with Crippen LogP contribution in [0, 0.1) is 17.8 Å². The third kappa shape index (κ3) is 3.60. The summed E-state index contributed by atoms with van der Waals surface area (Å²) in [7, 11) is 0. The number of ketones is 1. The van der Waals surface area contributed by atoms with Gasteiger partial charge in [0, 0.05) is 5.92 Å². The average Bonchev–Trinajstić information content (AvgIpc) is 2.16. The predicted molar refractivity (Wildman–Crippen MR) is 61.6 cm³/mol. The molecule has 0 aromatic rings. The second kappa shape index (κ2) is 5.64. The molecule has 4 unspecified atom stereocenters. The van der Waals surface area contributed by atoms with Crippen LogP contribution >= 0.6 is 0 Å². The van der Waals surface area contributed by atoms with Crippen molar-refractivity contribution in [1.82, 2.24) is 0 Å². The van der Waals surface area contributed by atoms with E-state index in [1.165, 1.54) is 6.42 Å². The zero-order valence-corrected chi connectivity index (χ0v) is 10.2. The van der Waals surface area contributed by atoms with Crippen molar-refractivity contribution in [2.75, 3.05) is 0 Å². The Labute approximate surface area is 93.1 Å². The van der Waals surface area contributed by atoms with E-state index in [1.807, 2.05) is 6.92 Å². The van der Waals surface area contributed by atoms with Crippen molar-refractivity contribution in [2.45, 2.75) is 59.0 Å². The van der Waals surface area contributed by atoms with Crippen molar-refractivity contribution in [3.05, 3.63) is 0 Å². The molecule has 1 N–H and O–H groups in total. The zero-order valence-electron chi connectivity index (χ0n) is 10.2. The predicted octanol–water partition coefficient (Wildman–Crippen LogP) is 2.79. The van der Waals surface area contributed by atoms with E-state index < -0.39 is 0 Å². The van der Waals surface area contributed by atoms with Gasteiger partial charge in [-0.2, -0.15) is 0 Å². The highest BCUT2D eigenvalue weighted by atomic mass is 16.3. The van der Waals surface area contributed by atoms with Crippen LogP contribution in [0.5, 0.6) is 0 Å². The minimum Gasteiger partial charge on any atom is -0.393 e. The van der Waals surface area contributed by atoms with Crippen molar-refractivity contribution in [3.8, 4) is 0 Å². The van der Waals surface area contributed by atoms with Gasteiger partial charge in [-0.05, 0) is 38.0 Å². The molecule has 1 aliphatic carbocycles. The summed E-state index contributed by atoms with van der Waals surface area (Å²) < 4.78 is 0. The molecule has 1 rings (SSSR count). The molecule has 0 aliphatic heterocycles. The molecule has 0 aromatic heterocycles. The van der Waals surface area contributed by atoms with Crippen LogP contribution in [-0.4, -0.2) is 17.0 Å². The molecule has 1 fully saturated rings. The van der Waals surface area contributed by atoms with Gasteiger partial charge in [0.05, 0.1) is 6.10 Å². The van der Waals surface area contributed by atoms with Crippen LogP contribution in [0.1, 0.15) is 52.9 Å². The second-order valence-corrected chi connectivity index (χ2v) is 5.23. The van der Waals surface area contributed by atoms with Crippen LogP contribution in [0.15, 0.2) is 0 Å². The van der Waals surface area contributed by atoms with Crippen molar-refractivity contribution in [3.63, 3.8) is 0 Å². The van der Waals surface area contributed by atoms with Crippen molar-refractivity contribution < 1.29 is 9.90 Å². The van der Waals surface area contributed by atoms with Gasteiger partial charge in [-0.1, -0.05) is 26.7 Å². The first-order valence-electron chi connectivity index (χ1n) is 6.21. The van der Waals surface area contributed by atoms with Crippen molar-refractivity contribution in [2.24, 2.45) is 17.8 Å². The monoisotopic (exact) mass is 212 g/mol. The summed E-state index contributed by atoms with van der Waals surface area (Å²) in [6.45, 7) is 5.87. The van der Waals surface area contributed by atoms with Crippen LogP contribution in [0.3, 0.4) is 0 Å². The number of carbonyl (C=O) groups is 1. The van der Waals surface area contributed by atoms with E-state index >= 15 is 0 Å².